The number of fused-ring (bicyclic) bond motifs is 1. The van der Waals surface area contributed by atoms with E-state index in [2.05, 4.69) is 90.5 Å². The van der Waals surface area contributed by atoms with Crippen molar-refractivity contribution in [2.24, 2.45) is 0 Å². The summed E-state index contributed by atoms with van der Waals surface area (Å²) < 4.78 is 4.45. The number of benzene rings is 2. The number of nitrogens with zero attached hydrogens (tertiary/aromatic N) is 2. The highest BCUT2D eigenvalue weighted by atomic mass is 127. The van der Waals surface area contributed by atoms with Crippen LogP contribution in [0, 0.1) is 3.57 Å². The predicted octanol–water partition coefficient (Wildman–Crippen LogP) is 5.19. The summed E-state index contributed by atoms with van der Waals surface area (Å²) in [6, 6.07) is 14.6. The van der Waals surface area contributed by atoms with Gasteiger partial charge in [-0.25, -0.2) is 4.98 Å². The van der Waals surface area contributed by atoms with E-state index in [0.717, 1.165) is 27.9 Å². The van der Waals surface area contributed by atoms with Crippen molar-refractivity contribution in [3.05, 3.63) is 61.9 Å². The van der Waals surface area contributed by atoms with Crippen LogP contribution in [0.2, 0.25) is 0 Å². The van der Waals surface area contributed by atoms with E-state index in [1.54, 1.807) is 0 Å². The van der Waals surface area contributed by atoms with Crippen LogP contribution in [0.4, 0.5) is 0 Å². The summed E-state index contributed by atoms with van der Waals surface area (Å²) in [5.74, 6) is 1.33. The Morgan fingerprint density at radius 3 is 2.60 bits per heavy atom. The van der Waals surface area contributed by atoms with E-state index in [4.69, 9.17) is 11.6 Å². The lowest BCUT2D eigenvalue weighted by Crippen LogP contribution is -2.03. The van der Waals surface area contributed by atoms with Crippen LogP contribution in [0.25, 0.3) is 11.0 Å². The summed E-state index contributed by atoms with van der Waals surface area (Å²) >= 11 is 11.8. The lowest BCUT2D eigenvalue weighted by molar-refractivity contribution is 0.778. The van der Waals surface area contributed by atoms with Crippen molar-refractivity contribution < 1.29 is 0 Å². The van der Waals surface area contributed by atoms with Gasteiger partial charge in [0.15, 0.2) is 0 Å². The molecule has 1 aromatic heterocycles. The molecule has 0 N–H and O–H groups in total. The van der Waals surface area contributed by atoms with Crippen LogP contribution in [0.5, 0.6) is 0 Å². The van der Waals surface area contributed by atoms with Gasteiger partial charge in [0.05, 0.1) is 16.9 Å². The van der Waals surface area contributed by atoms with E-state index in [1.165, 1.54) is 9.13 Å². The molecule has 0 aliphatic rings. The third kappa shape index (κ3) is 2.87. The molecule has 3 rings (SSSR count). The molecule has 0 bridgehead atoms. The summed E-state index contributed by atoms with van der Waals surface area (Å²) in [7, 11) is 0. The van der Waals surface area contributed by atoms with Gasteiger partial charge < -0.3 is 4.57 Å². The van der Waals surface area contributed by atoms with Gasteiger partial charge in [-0.05, 0) is 58.5 Å². The SMILES string of the molecule is ClCc1nc2cc(I)ccc2n1Cc1ccc(Br)cc1. The maximum absolute atomic E-state index is 6.04. The smallest absolute Gasteiger partial charge is 0.125 e. The molecule has 0 atom stereocenters. The normalized spacial score (nSPS) is 11.2. The molecule has 2 nitrogen and oxygen atoms in total. The molecule has 0 saturated heterocycles. The zero-order chi connectivity index (χ0) is 14.1. The Morgan fingerprint density at radius 1 is 1.15 bits per heavy atom. The lowest BCUT2D eigenvalue weighted by atomic mass is 10.2. The topological polar surface area (TPSA) is 17.8 Å². The number of rotatable bonds is 3. The molecule has 0 radical (unpaired) electrons. The zero-order valence-corrected chi connectivity index (χ0v) is 15.0. The van der Waals surface area contributed by atoms with Gasteiger partial charge in [-0.15, -0.1) is 11.6 Å². The highest BCUT2D eigenvalue weighted by molar-refractivity contribution is 14.1. The Labute approximate surface area is 144 Å². The predicted molar refractivity (Wildman–Crippen MR) is 95.3 cm³/mol. The minimum atomic E-state index is 0.418. The minimum absolute atomic E-state index is 0.418. The first-order valence-corrected chi connectivity index (χ1v) is 8.53. The van der Waals surface area contributed by atoms with E-state index in [9.17, 15) is 0 Å². The number of imidazole rings is 1. The Hall–Kier alpha value is -0.590. The van der Waals surface area contributed by atoms with Crippen molar-refractivity contribution in [2.45, 2.75) is 12.4 Å². The average molecular weight is 462 g/mol. The molecular formula is C15H11BrClIN2. The third-order valence-electron chi connectivity index (χ3n) is 3.16. The molecule has 1 heterocycles. The largest absolute Gasteiger partial charge is 0.322 e. The third-order valence-corrected chi connectivity index (χ3v) is 4.60. The molecule has 0 saturated carbocycles. The first-order chi connectivity index (χ1) is 9.67. The summed E-state index contributed by atoms with van der Waals surface area (Å²) in [4.78, 5) is 4.62. The molecule has 20 heavy (non-hydrogen) atoms. The molecule has 2 aromatic carbocycles. The van der Waals surface area contributed by atoms with Crippen molar-refractivity contribution in [1.82, 2.24) is 9.55 Å². The second-order valence-electron chi connectivity index (χ2n) is 4.51. The monoisotopic (exact) mass is 460 g/mol. The maximum atomic E-state index is 6.04. The van der Waals surface area contributed by atoms with Crippen molar-refractivity contribution in [2.75, 3.05) is 0 Å². The van der Waals surface area contributed by atoms with Gasteiger partial charge in [0.25, 0.3) is 0 Å². The summed E-state index contributed by atoms with van der Waals surface area (Å²) in [6.45, 7) is 0.784. The van der Waals surface area contributed by atoms with Crippen LogP contribution in [0.3, 0.4) is 0 Å². The number of alkyl halides is 1. The van der Waals surface area contributed by atoms with Crippen molar-refractivity contribution in [3.63, 3.8) is 0 Å². The molecule has 0 unspecified atom stereocenters. The molecule has 5 heteroatoms. The fraction of sp³-hybridized carbons (Fsp3) is 0.133. The van der Waals surface area contributed by atoms with Crippen LogP contribution in [-0.4, -0.2) is 9.55 Å². The average Bonchev–Trinajstić information content (AvgIpc) is 2.78. The van der Waals surface area contributed by atoms with Crippen LogP contribution in [0.1, 0.15) is 11.4 Å². The van der Waals surface area contributed by atoms with Gasteiger partial charge in [-0.3, -0.25) is 0 Å². The van der Waals surface area contributed by atoms with E-state index >= 15 is 0 Å². The maximum Gasteiger partial charge on any atom is 0.125 e. The second kappa shape index (κ2) is 6.03. The van der Waals surface area contributed by atoms with Gasteiger partial charge in [0, 0.05) is 14.6 Å². The standard InChI is InChI=1S/C15H11BrClIN2/c16-11-3-1-10(2-4-11)9-20-14-6-5-12(18)7-13(14)19-15(20)8-17/h1-7H,8-9H2. The molecule has 0 spiro atoms. The number of hydrogen-bond donors (Lipinski definition) is 0. The highest BCUT2D eigenvalue weighted by Gasteiger charge is 2.10. The van der Waals surface area contributed by atoms with Gasteiger partial charge in [-0.1, -0.05) is 28.1 Å². The van der Waals surface area contributed by atoms with Crippen LogP contribution >= 0.6 is 50.1 Å². The van der Waals surface area contributed by atoms with Crippen LogP contribution in [-0.2, 0) is 12.4 Å². The molecule has 0 aliphatic carbocycles. The molecule has 0 amide bonds. The van der Waals surface area contributed by atoms with Gasteiger partial charge in [0.1, 0.15) is 5.82 Å². The quantitative estimate of drug-likeness (QED) is 0.388. The fourth-order valence-electron chi connectivity index (χ4n) is 2.20. The Balaban J connectivity index is 2.07. The van der Waals surface area contributed by atoms with Gasteiger partial charge in [-0.2, -0.15) is 0 Å². The van der Waals surface area contributed by atoms with E-state index in [-0.39, 0.29) is 0 Å². The number of hydrogen-bond acceptors (Lipinski definition) is 1. The second-order valence-corrected chi connectivity index (χ2v) is 6.94. The van der Waals surface area contributed by atoms with E-state index < -0.39 is 0 Å². The summed E-state index contributed by atoms with van der Waals surface area (Å²) in [5.41, 5.74) is 3.37. The van der Waals surface area contributed by atoms with Gasteiger partial charge >= 0.3 is 0 Å². The Bertz CT molecular complexity index is 752. The molecule has 102 valence electrons. The fourth-order valence-corrected chi connectivity index (χ4v) is 3.15. The number of aromatic nitrogens is 2. The minimum Gasteiger partial charge on any atom is -0.322 e. The first-order valence-electron chi connectivity index (χ1n) is 6.12. The Kier molecular flexibility index (Phi) is 4.33. The molecule has 3 aromatic rings. The van der Waals surface area contributed by atoms with Crippen LogP contribution in [0.15, 0.2) is 46.9 Å². The van der Waals surface area contributed by atoms with E-state index in [1.807, 2.05) is 0 Å². The van der Waals surface area contributed by atoms with Crippen molar-refractivity contribution in [1.29, 1.82) is 0 Å². The zero-order valence-electron chi connectivity index (χ0n) is 10.5. The Morgan fingerprint density at radius 2 is 1.90 bits per heavy atom. The van der Waals surface area contributed by atoms with Crippen molar-refractivity contribution in [3.8, 4) is 0 Å². The summed E-state index contributed by atoms with van der Waals surface area (Å²) in [6.07, 6.45) is 0. The summed E-state index contributed by atoms with van der Waals surface area (Å²) in [5, 5.41) is 0. The van der Waals surface area contributed by atoms with Crippen molar-refractivity contribution >= 4 is 61.2 Å². The lowest BCUT2D eigenvalue weighted by Gasteiger charge is -2.08. The van der Waals surface area contributed by atoms with Crippen LogP contribution < -0.4 is 0 Å². The van der Waals surface area contributed by atoms with Gasteiger partial charge in [0.2, 0.25) is 0 Å². The molecule has 0 fully saturated rings. The molecule has 0 aliphatic heterocycles. The molecular weight excluding hydrogens is 450 g/mol. The highest BCUT2D eigenvalue weighted by Crippen LogP contribution is 2.22. The first kappa shape index (κ1) is 14.4. The van der Waals surface area contributed by atoms with E-state index in [0.29, 0.717) is 5.88 Å². The number of halogens is 3.